The largest absolute Gasteiger partial charge is 0.462 e. The highest BCUT2D eigenvalue weighted by molar-refractivity contribution is 6.42. The number of imidazole rings is 1. The van der Waals surface area contributed by atoms with Crippen molar-refractivity contribution in [3.8, 4) is 0 Å². The summed E-state index contributed by atoms with van der Waals surface area (Å²) >= 11 is 12.0. The number of fused-ring (bicyclic) bond motifs is 1. The van der Waals surface area contributed by atoms with E-state index in [0.29, 0.717) is 22.0 Å². The van der Waals surface area contributed by atoms with Crippen molar-refractivity contribution in [2.24, 2.45) is 0 Å². The number of carbonyl (C=O) groups excluding carboxylic acids is 1. The van der Waals surface area contributed by atoms with Gasteiger partial charge in [0, 0.05) is 12.6 Å². The normalized spacial score (nSPS) is 10.8. The average molecular weight is 335 g/mol. The van der Waals surface area contributed by atoms with Gasteiger partial charge in [-0.25, -0.2) is 9.78 Å². The molecule has 3 rings (SSSR count). The second kappa shape index (κ2) is 6.38. The number of pyridine rings is 1. The van der Waals surface area contributed by atoms with Crippen LogP contribution in [0.5, 0.6) is 0 Å². The summed E-state index contributed by atoms with van der Waals surface area (Å²) in [7, 11) is 0. The van der Waals surface area contributed by atoms with Gasteiger partial charge in [-0.1, -0.05) is 35.3 Å². The Balaban J connectivity index is 1.63. The zero-order valence-corrected chi connectivity index (χ0v) is 13.0. The molecule has 0 saturated heterocycles. The number of rotatable bonds is 4. The molecular formula is C16H12Cl2N2O2. The summed E-state index contributed by atoms with van der Waals surface area (Å²) in [5.41, 5.74) is 2.25. The van der Waals surface area contributed by atoms with Gasteiger partial charge in [-0.3, -0.25) is 0 Å². The maximum absolute atomic E-state index is 12.0. The average Bonchev–Trinajstić information content (AvgIpc) is 2.98. The van der Waals surface area contributed by atoms with Crippen LogP contribution in [0.4, 0.5) is 0 Å². The quantitative estimate of drug-likeness (QED) is 0.676. The van der Waals surface area contributed by atoms with Gasteiger partial charge in [0.05, 0.1) is 40.3 Å². The number of benzene rings is 1. The van der Waals surface area contributed by atoms with E-state index in [9.17, 15) is 4.79 Å². The van der Waals surface area contributed by atoms with Gasteiger partial charge in [-0.2, -0.15) is 0 Å². The van der Waals surface area contributed by atoms with Crippen LogP contribution in [-0.2, 0) is 11.2 Å². The highest BCUT2D eigenvalue weighted by Gasteiger charge is 2.09. The zero-order valence-electron chi connectivity index (χ0n) is 11.5. The lowest BCUT2D eigenvalue weighted by atomic mass is 10.1. The van der Waals surface area contributed by atoms with Crippen LogP contribution in [-0.4, -0.2) is 22.0 Å². The first-order chi connectivity index (χ1) is 10.6. The SMILES string of the molecule is O=C(OCCc1cccc(Cl)c1Cl)c1ccc2cncn2c1. The number of hydrogen-bond donors (Lipinski definition) is 0. The van der Waals surface area contributed by atoms with Crippen LogP contribution in [0.1, 0.15) is 15.9 Å². The molecular weight excluding hydrogens is 323 g/mol. The Hall–Kier alpha value is -2.04. The molecule has 0 aliphatic carbocycles. The topological polar surface area (TPSA) is 43.6 Å². The molecule has 0 saturated carbocycles. The van der Waals surface area contributed by atoms with Gasteiger partial charge >= 0.3 is 5.97 Å². The van der Waals surface area contributed by atoms with Gasteiger partial charge < -0.3 is 9.14 Å². The second-order valence-electron chi connectivity index (χ2n) is 4.74. The van der Waals surface area contributed by atoms with Crippen LogP contribution in [0, 0.1) is 0 Å². The number of carbonyl (C=O) groups is 1. The van der Waals surface area contributed by atoms with Gasteiger partial charge in [0.25, 0.3) is 0 Å². The lowest BCUT2D eigenvalue weighted by Crippen LogP contribution is -2.09. The monoisotopic (exact) mass is 334 g/mol. The number of aromatic nitrogens is 2. The summed E-state index contributed by atoms with van der Waals surface area (Å²) in [6.45, 7) is 0.237. The van der Waals surface area contributed by atoms with E-state index >= 15 is 0 Å². The molecule has 1 aromatic carbocycles. The van der Waals surface area contributed by atoms with Crippen LogP contribution in [0.2, 0.25) is 10.0 Å². The summed E-state index contributed by atoms with van der Waals surface area (Å²) in [6, 6.07) is 8.93. The summed E-state index contributed by atoms with van der Waals surface area (Å²) in [5.74, 6) is -0.381. The summed E-state index contributed by atoms with van der Waals surface area (Å²) < 4.78 is 7.05. The van der Waals surface area contributed by atoms with Crippen molar-refractivity contribution in [1.82, 2.24) is 9.38 Å². The van der Waals surface area contributed by atoms with Gasteiger partial charge in [0.2, 0.25) is 0 Å². The third-order valence-corrected chi connectivity index (χ3v) is 4.14. The van der Waals surface area contributed by atoms with E-state index in [-0.39, 0.29) is 12.6 Å². The Morgan fingerprint density at radius 2 is 2.09 bits per heavy atom. The van der Waals surface area contributed by atoms with E-state index in [1.54, 1.807) is 35.3 Å². The Labute approximate surface area is 137 Å². The molecule has 2 aromatic heterocycles. The number of nitrogens with zero attached hydrogens (tertiary/aromatic N) is 2. The van der Waals surface area contributed by atoms with Crippen molar-refractivity contribution < 1.29 is 9.53 Å². The molecule has 0 unspecified atom stereocenters. The van der Waals surface area contributed by atoms with Crippen LogP contribution < -0.4 is 0 Å². The van der Waals surface area contributed by atoms with E-state index in [0.717, 1.165) is 11.1 Å². The fourth-order valence-corrected chi connectivity index (χ4v) is 2.53. The third kappa shape index (κ3) is 3.08. The number of ether oxygens (including phenoxy) is 1. The fraction of sp³-hybridized carbons (Fsp3) is 0.125. The molecule has 0 spiro atoms. The molecule has 22 heavy (non-hydrogen) atoms. The highest BCUT2D eigenvalue weighted by Crippen LogP contribution is 2.25. The molecule has 0 bridgehead atoms. The first-order valence-electron chi connectivity index (χ1n) is 6.67. The van der Waals surface area contributed by atoms with Crippen LogP contribution in [0.15, 0.2) is 49.1 Å². The van der Waals surface area contributed by atoms with Crippen LogP contribution >= 0.6 is 23.2 Å². The highest BCUT2D eigenvalue weighted by atomic mass is 35.5. The molecule has 0 aliphatic rings. The standard InChI is InChI=1S/C16H12Cl2N2O2/c17-14-3-1-2-11(15(14)18)6-7-22-16(21)12-4-5-13-8-19-10-20(13)9-12/h1-5,8-10H,6-7H2. The number of hydrogen-bond acceptors (Lipinski definition) is 3. The first kappa shape index (κ1) is 14.9. The number of halogens is 2. The molecule has 6 heteroatoms. The molecule has 0 fully saturated rings. The Kier molecular flexibility index (Phi) is 4.32. The zero-order chi connectivity index (χ0) is 15.5. The van der Waals surface area contributed by atoms with Gasteiger partial charge in [-0.05, 0) is 23.8 Å². The minimum Gasteiger partial charge on any atom is -0.462 e. The third-order valence-electron chi connectivity index (χ3n) is 3.28. The van der Waals surface area contributed by atoms with Gasteiger partial charge in [-0.15, -0.1) is 0 Å². The van der Waals surface area contributed by atoms with Crippen molar-refractivity contribution in [3.63, 3.8) is 0 Å². The predicted molar refractivity (Wildman–Crippen MR) is 85.6 cm³/mol. The molecule has 4 nitrogen and oxygen atoms in total. The van der Waals surface area contributed by atoms with Crippen molar-refractivity contribution in [3.05, 3.63) is 70.2 Å². The fourth-order valence-electron chi connectivity index (χ4n) is 2.12. The maximum atomic E-state index is 12.0. The second-order valence-corrected chi connectivity index (χ2v) is 5.53. The lowest BCUT2D eigenvalue weighted by molar-refractivity contribution is 0.0508. The minimum absolute atomic E-state index is 0.237. The van der Waals surface area contributed by atoms with E-state index in [2.05, 4.69) is 4.98 Å². The molecule has 0 amide bonds. The summed E-state index contributed by atoms with van der Waals surface area (Å²) in [4.78, 5) is 16.0. The van der Waals surface area contributed by atoms with Crippen molar-refractivity contribution in [2.45, 2.75) is 6.42 Å². The predicted octanol–water partition coefficient (Wildman–Crippen LogP) is 4.04. The van der Waals surface area contributed by atoms with Gasteiger partial charge in [0.15, 0.2) is 0 Å². The summed E-state index contributed by atoms with van der Waals surface area (Å²) in [6.07, 6.45) is 5.56. The Morgan fingerprint density at radius 3 is 2.95 bits per heavy atom. The van der Waals surface area contributed by atoms with E-state index < -0.39 is 0 Å². The smallest absolute Gasteiger partial charge is 0.339 e. The summed E-state index contributed by atoms with van der Waals surface area (Å²) in [5, 5.41) is 0.996. The first-order valence-corrected chi connectivity index (χ1v) is 7.42. The maximum Gasteiger partial charge on any atom is 0.339 e. The van der Waals surface area contributed by atoms with Crippen LogP contribution in [0.3, 0.4) is 0 Å². The lowest BCUT2D eigenvalue weighted by Gasteiger charge is -2.07. The van der Waals surface area contributed by atoms with Crippen molar-refractivity contribution in [2.75, 3.05) is 6.61 Å². The Morgan fingerprint density at radius 1 is 1.23 bits per heavy atom. The van der Waals surface area contributed by atoms with E-state index in [1.165, 1.54) is 0 Å². The van der Waals surface area contributed by atoms with Crippen molar-refractivity contribution >= 4 is 34.7 Å². The minimum atomic E-state index is -0.381. The van der Waals surface area contributed by atoms with Crippen molar-refractivity contribution in [1.29, 1.82) is 0 Å². The molecule has 0 aliphatic heterocycles. The van der Waals surface area contributed by atoms with E-state index in [1.807, 2.05) is 18.2 Å². The molecule has 0 atom stereocenters. The number of esters is 1. The molecule has 3 aromatic rings. The molecule has 0 radical (unpaired) electrons. The van der Waals surface area contributed by atoms with Crippen LogP contribution in [0.25, 0.3) is 5.52 Å². The van der Waals surface area contributed by atoms with E-state index in [4.69, 9.17) is 27.9 Å². The van der Waals surface area contributed by atoms with Gasteiger partial charge in [0.1, 0.15) is 0 Å². The molecule has 0 N–H and O–H groups in total. The Bertz CT molecular complexity index is 830. The molecule has 112 valence electrons. The molecule has 2 heterocycles.